The van der Waals surface area contributed by atoms with Gasteiger partial charge in [0.25, 0.3) is 5.91 Å². The Kier molecular flexibility index (Phi) is 3.04. The first-order chi connectivity index (χ1) is 10.7. The van der Waals surface area contributed by atoms with Gasteiger partial charge in [-0.2, -0.15) is 0 Å². The van der Waals surface area contributed by atoms with Crippen molar-refractivity contribution in [2.24, 2.45) is 0 Å². The van der Waals surface area contributed by atoms with Gasteiger partial charge in [0.2, 0.25) is 5.91 Å². The van der Waals surface area contributed by atoms with E-state index in [0.717, 1.165) is 10.9 Å². The second kappa shape index (κ2) is 5.06. The molecule has 6 heteroatoms. The zero-order chi connectivity index (χ0) is 15.1. The van der Waals surface area contributed by atoms with Crippen molar-refractivity contribution in [1.29, 1.82) is 0 Å². The molecule has 0 saturated carbocycles. The van der Waals surface area contributed by atoms with Crippen LogP contribution < -0.4 is 5.32 Å². The van der Waals surface area contributed by atoms with Gasteiger partial charge in [-0.05, 0) is 18.2 Å². The fourth-order valence-corrected chi connectivity index (χ4v) is 3.14. The van der Waals surface area contributed by atoms with Crippen LogP contribution in [0.25, 0.3) is 10.9 Å². The van der Waals surface area contributed by atoms with Crippen molar-refractivity contribution >= 4 is 22.7 Å². The van der Waals surface area contributed by atoms with Crippen molar-refractivity contribution in [3.05, 3.63) is 42.1 Å². The van der Waals surface area contributed by atoms with Crippen LogP contribution in [-0.4, -0.2) is 53.5 Å². The molecule has 0 aliphatic carbocycles. The van der Waals surface area contributed by atoms with Gasteiger partial charge in [-0.1, -0.05) is 12.1 Å². The fraction of sp³-hybridized carbons (Fsp3) is 0.312. The molecule has 1 aromatic carbocycles. The molecule has 0 unspecified atom stereocenters. The zero-order valence-corrected chi connectivity index (χ0v) is 11.9. The maximum Gasteiger partial charge on any atom is 0.254 e. The van der Waals surface area contributed by atoms with Gasteiger partial charge in [0, 0.05) is 30.2 Å². The minimum absolute atomic E-state index is 0.0501. The monoisotopic (exact) mass is 297 g/mol. The van der Waals surface area contributed by atoms with Gasteiger partial charge in [0.15, 0.2) is 0 Å². The summed E-state index contributed by atoms with van der Waals surface area (Å²) in [6.45, 7) is 1.05. The average molecular weight is 297 g/mol. The number of hydrogen-bond donors (Lipinski definition) is 1. The fourth-order valence-electron chi connectivity index (χ4n) is 3.14. The highest BCUT2D eigenvalue weighted by Gasteiger charge is 2.40. The molecule has 2 amide bonds. The number of pyridine rings is 1. The van der Waals surface area contributed by atoms with Gasteiger partial charge < -0.3 is 15.0 Å². The number of aromatic nitrogens is 1. The lowest BCUT2D eigenvalue weighted by Gasteiger charge is -2.24. The minimum Gasteiger partial charge on any atom is -0.364 e. The van der Waals surface area contributed by atoms with Crippen molar-refractivity contribution in [2.75, 3.05) is 19.7 Å². The van der Waals surface area contributed by atoms with Crippen molar-refractivity contribution in [2.45, 2.75) is 12.1 Å². The quantitative estimate of drug-likeness (QED) is 0.835. The van der Waals surface area contributed by atoms with Crippen LogP contribution in [0.2, 0.25) is 0 Å². The highest BCUT2D eigenvalue weighted by atomic mass is 16.5. The first-order valence-corrected chi connectivity index (χ1v) is 7.26. The highest BCUT2D eigenvalue weighted by Crippen LogP contribution is 2.23. The Morgan fingerprint density at radius 2 is 2.18 bits per heavy atom. The molecule has 2 aromatic rings. The molecule has 6 nitrogen and oxygen atoms in total. The number of hydrogen-bond acceptors (Lipinski definition) is 4. The number of nitrogens with one attached hydrogen (secondary N) is 1. The summed E-state index contributed by atoms with van der Waals surface area (Å²) in [5.74, 6) is -0.171. The van der Waals surface area contributed by atoms with Gasteiger partial charge in [-0.15, -0.1) is 0 Å². The molecule has 1 N–H and O–H groups in total. The van der Waals surface area contributed by atoms with Crippen molar-refractivity contribution < 1.29 is 14.3 Å². The Labute approximate surface area is 127 Å². The number of ether oxygens (including phenoxy) is 1. The number of rotatable bonds is 1. The summed E-state index contributed by atoms with van der Waals surface area (Å²) in [4.78, 5) is 30.2. The van der Waals surface area contributed by atoms with Crippen LogP contribution in [0, 0.1) is 0 Å². The van der Waals surface area contributed by atoms with Gasteiger partial charge in [0.1, 0.15) is 6.61 Å². The van der Waals surface area contributed by atoms with Gasteiger partial charge in [-0.3, -0.25) is 14.6 Å². The second-order valence-corrected chi connectivity index (χ2v) is 5.61. The zero-order valence-electron chi connectivity index (χ0n) is 11.9. The van der Waals surface area contributed by atoms with Gasteiger partial charge in [-0.25, -0.2) is 0 Å². The second-order valence-electron chi connectivity index (χ2n) is 5.61. The molecule has 0 bridgehead atoms. The van der Waals surface area contributed by atoms with E-state index in [2.05, 4.69) is 10.3 Å². The topological polar surface area (TPSA) is 71.5 Å². The summed E-state index contributed by atoms with van der Waals surface area (Å²) < 4.78 is 5.50. The number of carbonyl (C=O) groups is 2. The predicted molar refractivity (Wildman–Crippen MR) is 79.3 cm³/mol. The van der Waals surface area contributed by atoms with E-state index in [9.17, 15) is 9.59 Å². The molecular formula is C16H15N3O3. The van der Waals surface area contributed by atoms with Crippen LogP contribution in [0.15, 0.2) is 36.5 Å². The maximum absolute atomic E-state index is 12.8. The predicted octanol–water partition coefficient (Wildman–Crippen LogP) is 0.574. The molecular weight excluding hydrogens is 282 g/mol. The summed E-state index contributed by atoms with van der Waals surface area (Å²) in [7, 11) is 0. The smallest absolute Gasteiger partial charge is 0.254 e. The molecule has 2 saturated heterocycles. The minimum atomic E-state index is -0.120. The molecule has 2 aliphatic rings. The van der Waals surface area contributed by atoms with Crippen molar-refractivity contribution in [1.82, 2.24) is 15.2 Å². The third kappa shape index (κ3) is 2.12. The molecule has 112 valence electrons. The molecule has 4 rings (SSSR count). The summed E-state index contributed by atoms with van der Waals surface area (Å²) in [5, 5.41) is 3.72. The van der Waals surface area contributed by atoms with Crippen LogP contribution in [0.3, 0.4) is 0 Å². The van der Waals surface area contributed by atoms with E-state index in [1.54, 1.807) is 11.1 Å². The van der Waals surface area contributed by atoms with Crippen LogP contribution in [-0.2, 0) is 9.53 Å². The molecule has 2 fully saturated rings. The van der Waals surface area contributed by atoms with E-state index in [-0.39, 0.29) is 30.6 Å². The lowest BCUT2D eigenvalue weighted by atomic mass is 10.1. The number of amides is 2. The van der Waals surface area contributed by atoms with E-state index >= 15 is 0 Å². The van der Waals surface area contributed by atoms with Crippen LogP contribution in [0.5, 0.6) is 0 Å². The Bertz CT molecular complexity index is 756. The number of nitrogens with zero attached hydrogens (tertiary/aromatic N) is 2. The standard InChI is InChI=1S/C16H15N3O3/c20-15-9-22-14-8-19(7-13(14)18-15)16(21)11-3-1-5-12-10(11)4-2-6-17-12/h1-6,13-14H,7-9H2,(H,18,20)/t13-,14-/m0/s1. The number of fused-ring (bicyclic) bond motifs is 2. The van der Waals surface area contributed by atoms with E-state index in [1.807, 2.05) is 30.3 Å². The number of benzene rings is 1. The lowest BCUT2D eigenvalue weighted by molar-refractivity contribution is -0.134. The number of carbonyl (C=O) groups excluding carboxylic acids is 2. The third-order valence-corrected chi connectivity index (χ3v) is 4.20. The first-order valence-electron chi connectivity index (χ1n) is 7.26. The average Bonchev–Trinajstić information content (AvgIpc) is 2.96. The van der Waals surface area contributed by atoms with E-state index in [0.29, 0.717) is 18.7 Å². The van der Waals surface area contributed by atoms with Crippen LogP contribution >= 0.6 is 0 Å². The van der Waals surface area contributed by atoms with E-state index in [1.165, 1.54) is 0 Å². The van der Waals surface area contributed by atoms with Gasteiger partial charge >= 0.3 is 0 Å². The summed E-state index contributed by atoms with van der Waals surface area (Å²) in [5.41, 5.74) is 1.44. The molecule has 0 radical (unpaired) electrons. The normalized spacial score (nSPS) is 24.2. The van der Waals surface area contributed by atoms with Crippen LogP contribution in [0.1, 0.15) is 10.4 Å². The largest absolute Gasteiger partial charge is 0.364 e. The summed E-state index contributed by atoms with van der Waals surface area (Å²) >= 11 is 0. The molecule has 2 aliphatic heterocycles. The molecule has 2 atom stereocenters. The molecule has 0 spiro atoms. The Balaban J connectivity index is 1.63. The number of likely N-dealkylation sites (tertiary alicyclic amines) is 1. The molecule has 1 aromatic heterocycles. The van der Waals surface area contributed by atoms with Crippen molar-refractivity contribution in [3.8, 4) is 0 Å². The lowest BCUT2D eigenvalue weighted by Crippen LogP contribution is -2.50. The summed E-state index contributed by atoms with van der Waals surface area (Å²) in [6.07, 6.45) is 1.60. The Morgan fingerprint density at radius 1 is 1.27 bits per heavy atom. The Hall–Kier alpha value is -2.47. The van der Waals surface area contributed by atoms with Crippen molar-refractivity contribution in [3.63, 3.8) is 0 Å². The first kappa shape index (κ1) is 13.2. The molecule has 22 heavy (non-hydrogen) atoms. The third-order valence-electron chi connectivity index (χ3n) is 4.20. The number of morpholine rings is 1. The maximum atomic E-state index is 12.8. The van der Waals surface area contributed by atoms with Gasteiger partial charge in [0.05, 0.1) is 17.7 Å². The highest BCUT2D eigenvalue weighted by molar-refractivity contribution is 6.06. The summed E-state index contributed by atoms with van der Waals surface area (Å²) in [6, 6.07) is 9.15. The SMILES string of the molecule is O=C1CO[C@H]2CN(C(=O)c3cccc4ncccc34)C[C@@H]2N1. The van der Waals surface area contributed by atoms with E-state index < -0.39 is 0 Å². The van der Waals surface area contributed by atoms with E-state index in [4.69, 9.17) is 4.74 Å². The Morgan fingerprint density at radius 3 is 3.09 bits per heavy atom. The van der Waals surface area contributed by atoms with Crippen LogP contribution in [0.4, 0.5) is 0 Å². The molecule has 3 heterocycles.